The van der Waals surface area contributed by atoms with Crippen molar-refractivity contribution in [3.8, 4) is 0 Å². The maximum Gasteiger partial charge on any atom is 0.250 e. The standard InChI is InChI=1S/C12H13NO6/c14-4-6-9(16)10(17)12(19-6)2-1-5-3-7(15)13-11(18)8(5)12/h1-3,6,8-10,14,16-17H,4H2,(H,13,15,18)/t6-,8?,9-,10-,12+/m1/s1. The molecule has 3 aliphatic rings. The summed E-state index contributed by atoms with van der Waals surface area (Å²) in [6.07, 6.45) is 0.633. The molecule has 1 spiro atoms. The Morgan fingerprint density at radius 3 is 2.74 bits per heavy atom. The van der Waals surface area contributed by atoms with Gasteiger partial charge in [-0.25, -0.2) is 0 Å². The third kappa shape index (κ3) is 1.53. The highest BCUT2D eigenvalue weighted by atomic mass is 16.6. The summed E-state index contributed by atoms with van der Waals surface area (Å²) >= 11 is 0. The molecule has 19 heavy (non-hydrogen) atoms. The third-order valence-corrected chi connectivity index (χ3v) is 3.83. The molecule has 1 aliphatic carbocycles. The molecule has 0 aromatic heterocycles. The zero-order valence-electron chi connectivity index (χ0n) is 9.81. The van der Waals surface area contributed by atoms with Crippen LogP contribution in [0.4, 0.5) is 0 Å². The van der Waals surface area contributed by atoms with Crippen LogP contribution in [0.5, 0.6) is 0 Å². The van der Waals surface area contributed by atoms with E-state index < -0.39 is 48.3 Å². The Morgan fingerprint density at radius 2 is 2.11 bits per heavy atom. The lowest BCUT2D eigenvalue weighted by Crippen LogP contribution is -2.54. The molecule has 4 N–H and O–H groups in total. The van der Waals surface area contributed by atoms with E-state index in [0.29, 0.717) is 5.57 Å². The molecule has 0 aromatic carbocycles. The second kappa shape index (κ2) is 3.97. The van der Waals surface area contributed by atoms with Crippen LogP contribution in [-0.4, -0.2) is 57.7 Å². The number of aliphatic hydroxyl groups is 3. The van der Waals surface area contributed by atoms with Gasteiger partial charge < -0.3 is 20.1 Å². The van der Waals surface area contributed by atoms with Gasteiger partial charge in [0.05, 0.1) is 12.5 Å². The monoisotopic (exact) mass is 267 g/mol. The zero-order valence-corrected chi connectivity index (χ0v) is 9.81. The van der Waals surface area contributed by atoms with E-state index in [1.807, 2.05) is 0 Å². The SMILES string of the molecule is O=C1C=C2C=C[C@]3(O[C@H](CO)[C@@H](O)[C@H]3O)C2C(=O)N1. The van der Waals surface area contributed by atoms with Crippen molar-refractivity contribution in [1.82, 2.24) is 5.32 Å². The Bertz CT molecular complexity index is 512. The molecule has 0 saturated carbocycles. The van der Waals surface area contributed by atoms with E-state index >= 15 is 0 Å². The second-order valence-corrected chi connectivity index (χ2v) is 4.89. The van der Waals surface area contributed by atoms with Crippen molar-refractivity contribution in [3.63, 3.8) is 0 Å². The first-order valence-corrected chi connectivity index (χ1v) is 5.90. The van der Waals surface area contributed by atoms with Crippen LogP contribution >= 0.6 is 0 Å². The molecule has 2 aliphatic heterocycles. The summed E-state index contributed by atoms with van der Waals surface area (Å²) in [6, 6.07) is 0. The van der Waals surface area contributed by atoms with Gasteiger partial charge in [-0.1, -0.05) is 6.08 Å². The molecule has 0 bridgehead atoms. The summed E-state index contributed by atoms with van der Waals surface area (Å²) in [4.78, 5) is 23.2. The predicted octanol–water partition coefficient (Wildman–Crippen LogP) is -2.39. The zero-order chi connectivity index (χ0) is 13.8. The first kappa shape index (κ1) is 12.5. The molecule has 102 valence electrons. The fourth-order valence-electron chi connectivity index (χ4n) is 2.94. The first-order chi connectivity index (χ1) is 8.99. The Labute approximate surface area is 108 Å². The number of hydrogen-bond donors (Lipinski definition) is 4. The number of amides is 2. The number of aliphatic hydroxyl groups excluding tert-OH is 3. The van der Waals surface area contributed by atoms with Crippen molar-refractivity contribution in [2.24, 2.45) is 5.92 Å². The van der Waals surface area contributed by atoms with Crippen LogP contribution < -0.4 is 5.32 Å². The summed E-state index contributed by atoms with van der Waals surface area (Å²) < 4.78 is 5.51. The number of fused-ring (bicyclic) bond motifs is 2. The highest BCUT2D eigenvalue weighted by Gasteiger charge is 2.61. The fourth-order valence-corrected chi connectivity index (χ4v) is 2.94. The van der Waals surface area contributed by atoms with Gasteiger partial charge in [0.2, 0.25) is 5.91 Å². The Kier molecular flexibility index (Phi) is 2.61. The topological polar surface area (TPSA) is 116 Å². The van der Waals surface area contributed by atoms with Crippen LogP contribution in [0.1, 0.15) is 0 Å². The van der Waals surface area contributed by atoms with Crippen LogP contribution in [0, 0.1) is 5.92 Å². The predicted molar refractivity (Wildman–Crippen MR) is 60.6 cm³/mol. The van der Waals surface area contributed by atoms with Crippen LogP contribution in [0.25, 0.3) is 0 Å². The third-order valence-electron chi connectivity index (χ3n) is 3.83. The molecule has 1 saturated heterocycles. The van der Waals surface area contributed by atoms with Crippen molar-refractivity contribution in [2.45, 2.75) is 23.9 Å². The van der Waals surface area contributed by atoms with Crippen LogP contribution in [0.15, 0.2) is 23.8 Å². The summed E-state index contributed by atoms with van der Waals surface area (Å²) in [5, 5.41) is 31.2. The average Bonchev–Trinajstić information content (AvgIpc) is 2.84. The van der Waals surface area contributed by atoms with Crippen molar-refractivity contribution in [2.75, 3.05) is 6.61 Å². The summed E-state index contributed by atoms with van der Waals surface area (Å²) in [5.74, 6) is -2.01. The van der Waals surface area contributed by atoms with Gasteiger partial charge >= 0.3 is 0 Å². The van der Waals surface area contributed by atoms with Gasteiger partial charge in [0.25, 0.3) is 5.91 Å². The van der Waals surface area contributed by atoms with Crippen molar-refractivity contribution in [3.05, 3.63) is 23.8 Å². The summed E-state index contributed by atoms with van der Waals surface area (Å²) in [5.41, 5.74) is -0.998. The minimum Gasteiger partial charge on any atom is -0.394 e. The second-order valence-electron chi connectivity index (χ2n) is 4.89. The quantitative estimate of drug-likeness (QED) is 0.394. The van der Waals surface area contributed by atoms with Gasteiger partial charge in [-0.3, -0.25) is 14.9 Å². The van der Waals surface area contributed by atoms with E-state index in [1.54, 1.807) is 0 Å². The van der Waals surface area contributed by atoms with Gasteiger partial charge in [0, 0.05) is 6.08 Å². The smallest absolute Gasteiger partial charge is 0.250 e. The summed E-state index contributed by atoms with van der Waals surface area (Å²) in [6.45, 7) is -0.472. The molecule has 0 aromatic rings. The van der Waals surface area contributed by atoms with Gasteiger partial charge in [-0.2, -0.15) is 0 Å². The Balaban J connectivity index is 2.03. The van der Waals surface area contributed by atoms with E-state index in [2.05, 4.69) is 5.32 Å². The molecule has 2 heterocycles. The fraction of sp³-hybridized carbons (Fsp3) is 0.500. The highest BCUT2D eigenvalue weighted by Crippen LogP contribution is 2.46. The van der Waals surface area contributed by atoms with Gasteiger partial charge in [-0.15, -0.1) is 0 Å². The molecule has 1 unspecified atom stereocenters. The number of hydrogen-bond acceptors (Lipinski definition) is 6. The van der Waals surface area contributed by atoms with E-state index in [-0.39, 0.29) is 0 Å². The maximum atomic E-state index is 11.9. The van der Waals surface area contributed by atoms with Gasteiger partial charge in [0.15, 0.2) is 0 Å². The minimum absolute atomic E-state index is 0.429. The number of nitrogens with one attached hydrogen (secondary N) is 1. The minimum atomic E-state index is -1.43. The lowest BCUT2D eigenvalue weighted by atomic mass is 9.81. The molecule has 7 nitrogen and oxygen atoms in total. The van der Waals surface area contributed by atoms with Crippen LogP contribution in [0.2, 0.25) is 0 Å². The molecule has 5 atom stereocenters. The first-order valence-electron chi connectivity index (χ1n) is 5.90. The molecule has 0 radical (unpaired) electrons. The lowest BCUT2D eigenvalue weighted by molar-refractivity contribution is -0.141. The molecular formula is C12H13NO6. The van der Waals surface area contributed by atoms with Crippen molar-refractivity contribution >= 4 is 11.8 Å². The number of allylic oxidation sites excluding steroid dienone is 1. The van der Waals surface area contributed by atoms with Crippen LogP contribution in [-0.2, 0) is 14.3 Å². The van der Waals surface area contributed by atoms with Crippen LogP contribution in [0.3, 0.4) is 0 Å². The maximum absolute atomic E-state index is 11.9. The number of imide groups is 1. The Hall–Kier alpha value is -1.54. The number of carbonyl (C=O) groups is 2. The highest BCUT2D eigenvalue weighted by molar-refractivity contribution is 6.08. The molecule has 1 fully saturated rings. The van der Waals surface area contributed by atoms with E-state index in [1.165, 1.54) is 18.2 Å². The van der Waals surface area contributed by atoms with E-state index in [0.717, 1.165) is 0 Å². The van der Waals surface area contributed by atoms with E-state index in [9.17, 15) is 19.8 Å². The average molecular weight is 267 g/mol. The number of ether oxygens (including phenoxy) is 1. The molecule has 2 amide bonds. The lowest BCUT2D eigenvalue weighted by Gasteiger charge is -2.33. The van der Waals surface area contributed by atoms with Crippen molar-refractivity contribution < 1.29 is 29.6 Å². The number of carbonyl (C=O) groups excluding carboxylic acids is 2. The van der Waals surface area contributed by atoms with Gasteiger partial charge in [-0.05, 0) is 11.6 Å². The van der Waals surface area contributed by atoms with Crippen molar-refractivity contribution in [1.29, 1.82) is 0 Å². The largest absolute Gasteiger partial charge is 0.394 e. The molecule has 3 rings (SSSR count). The Morgan fingerprint density at radius 1 is 1.37 bits per heavy atom. The molecular weight excluding hydrogens is 254 g/mol. The van der Waals surface area contributed by atoms with E-state index in [4.69, 9.17) is 9.84 Å². The summed E-state index contributed by atoms with van der Waals surface area (Å²) in [7, 11) is 0. The number of rotatable bonds is 1. The van der Waals surface area contributed by atoms with Gasteiger partial charge in [0.1, 0.15) is 23.9 Å². The normalized spacial score (nSPS) is 44.5. The molecule has 7 heteroatoms.